The van der Waals surface area contributed by atoms with Gasteiger partial charge in [-0.1, -0.05) is 176 Å². The molecule has 1 aliphatic rings. The molecule has 73 heavy (non-hydrogen) atoms. The minimum absolute atomic E-state index is 0.850. The molecule has 4 nitrogen and oxygen atoms in total. The summed E-state index contributed by atoms with van der Waals surface area (Å²) in [6.45, 7) is 0. The van der Waals surface area contributed by atoms with Gasteiger partial charge in [0.2, 0.25) is 0 Å². The van der Waals surface area contributed by atoms with Crippen LogP contribution < -0.4 is 20.4 Å². The number of hydrogen-bond donors (Lipinski definition) is 0. The standard InChI is InChI=1S/C68H44N2O2S/c1-3-15-43(16-4-1)45-29-33-47(34-30-45)69(60-25-13-23-55-52-20-9-11-27-62(52)71-66(55)60)49-37-39-57-59(41-49)51-19-7-8-22-54(51)65-58-40-38-50(42-64(58)73-68(57)65)70(48-35-31-46(32-36-48)44-17-5-2-6-18-44)61-26-14-24-56-53-21-10-12-28-63(53)72-67(56)61/h1-12,14-24,26-42H,13,25H2. The number of para-hydroxylation sites is 3. The van der Waals surface area contributed by atoms with Gasteiger partial charge in [-0.05, 0) is 118 Å². The van der Waals surface area contributed by atoms with E-state index >= 15 is 0 Å². The van der Waals surface area contributed by atoms with Crippen molar-refractivity contribution in [2.75, 3.05) is 9.80 Å². The van der Waals surface area contributed by atoms with Crippen LogP contribution in [0, 0.1) is 0 Å². The molecule has 0 unspecified atom stereocenters. The van der Waals surface area contributed by atoms with E-state index in [4.69, 9.17) is 8.83 Å². The van der Waals surface area contributed by atoms with Crippen LogP contribution in [0.3, 0.4) is 0 Å². The zero-order valence-corrected chi connectivity index (χ0v) is 40.4. The third kappa shape index (κ3) is 6.73. The zero-order chi connectivity index (χ0) is 48.0. The van der Waals surface area contributed by atoms with E-state index in [1.165, 1.54) is 69.2 Å². The zero-order valence-electron chi connectivity index (χ0n) is 39.6. The van der Waals surface area contributed by atoms with Crippen LogP contribution in [0.15, 0.2) is 245 Å². The van der Waals surface area contributed by atoms with E-state index in [1.807, 2.05) is 17.4 Å². The van der Waals surface area contributed by atoms with E-state index in [1.54, 1.807) is 0 Å². The van der Waals surface area contributed by atoms with Crippen molar-refractivity contribution in [2.45, 2.75) is 12.8 Å². The average Bonchev–Trinajstić information content (AvgIpc) is 4.17. The molecular formula is C68H44N2O2S. The molecule has 3 heterocycles. The maximum absolute atomic E-state index is 6.79. The summed E-state index contributed by atoms with van der Waals surface area (Å²) in [6, 6.07) is 85.5. The van der Waals surface area contributed by atoms with Crippen molar-refractivity contribution in [2.24, 2.45) is 0 Å². The van der Waals surface area contributed by atoms with Gasteiger partial charge < -0.3 is 18.6 Å². The van der Waals surface area contributed by atoms with Crippen molar-refractivity contribution < 1.29 is 8.83 Å². The lowest BCUT2D eigenvalue weighted by Gasteiger charge is -2.29. The van der Waals surface area contributed by atoms with Crippen molar-refractivity contribution >= 4 is 126 Å². The van der Waals surface area contributed by atoms with Crippen molar-refractivity contribution in [3.63, 3.8) is 0 Å². The molecule has 0 saturated carbocycles. The quantitative estimate of drug-likeness (QED) is 0.142. The molecule has 15 rings (SSSR count). The first-order valence-corrected chi connectivity index (χ1v) is 25.8. The third-order valence-electron chi connectivity index (χ3n) is 14.9. The van der Waals surface area contributed by atoms with E-state index in [-0.39, 0.29) is 0 Å². The van der Waals surface area contributed by atoms with Gasteiger partial charge in [-0.2, -0.15) is 0 Å². The van der Waals surface area contributed by atoms with Crippen LogP contribution in [0.5, 0.6) is 0 Å². The van der Waals surface area contributed by atoms with Crippen LogP contribution >= 0.6 is 11.3 Å². The highest BCUT2D eigenvalue weighted by molar-refractivity contribution is 7.27. The summed E-state index contributed by atoms with van der Waals surface area (Å²) in [5.74, 6) is 0. The highest BCUT2D eigenvalue weighted by Gasteiger charge is 2.25. The Balaban J connectivity index is 0.921. The molecule has 0 bridgehead atoms. The highest BCUT2D eigenvalue weighted by atomic mass is 32.1. The van der Waals surface area contributed by atoms with E-state index in [0.717, 1.165) is 85.3 Å². The second-order valence-corrected chi connectivity index (χ2v) is 20.1. The third-order valence-corrected chi connectivity index (χ3v) is 16.1. The monoisotopic (exact) mass is 952 g/mol. The molecule has 11 aromatic carbocycles. The van der Waals surface area contributed by atoms with E-state index in [0.29, 0.717) is 0 Å². The van der Waals surface area contributed by atoms with E-state index in [2.05, 4.69) is 246 Å². The van der Waals surface area contributed by atoms with Gasteiger partial charge in [0.1, 0.15) is 11.2 Å². The van der Waals surface area contributed by atoms with Gasteiger partial charge >= 0.3 is 0 Å². The second-order valence-electron chi connectivity index (χ2n) is 19.0. The molecule has 0 amide bonds. The lowest BCUT2D eigenvalue weighted by atomic mass is 9.96. The molecule has 0 spiro atoms. The predicted molar refractivity (Wildman–Crippen MR) is 308 cm³/mol. The fourth-order valence-corrected chi connectivity index (χ4v) is 12.8. The Bertz CT molecular complexity index is 4610. The number of furan rings is 2. The molecule has 5 heteroatoms. The summed E-state index contributed by atoms with van der Waals surface area (Å²) < 4.78 is 16.0. The molecule has 14 aromatic rings. The van der Waals surface area contributed by atoms with Crippen LogP contribution in [-0.4, -0.2) is 0 Å². The van der Waals surface area contributed by atoms with E-state index in [9.17, 15) is 0 Å². The molecule has 0 aliphatic heterocycles. The van der Waals surface area contributed by atoms with Crippen LogP contribution in [0.4, 0.5) is 28.4 Å². The summed E-state index contributed by atoms with van der Waals surface area (Å²) >= 11 is 1.88. The largest absolute Gasteiger partial charge is 0.454 e. The number of anilines is 5. The van der Waals surface area contributed by atoms with E-state index < -0.39 is 0 Å². The topological polar surface area (TPSA) is 32.8 Å². The molecule has 0 radical (unpaired) electrons. The molecular weight excluding hydrogens is 909 g/mol. The first-order chi connectivity index (χ1) is 36.2. The lowest BCUT2D eigenvalue weighted by molar-refractivity contribution is 0.566. The predicted octanol–water partition coefficient (Wildman–Crippen LogP) is 18.3. The van der Waals surface area contributed by atoms with Gasteiger partial charge in [-0.25, -0.2) is 0 Å². The molecule has 3 aromatic heterocycles. The molecule has 1 aliphatic carbocycles. The Morgan fingerprint density at radius 2 is 0.918 bits per heavy atom. The first kappa shape index (κ1) is 41.6. The van der Waals surface area contributed by atoms with Crippen molar-refractivity contribution in [3.8, 4) is 22.3 Å². The Morgan fingerprint density at radius 1 is 0.370 bits per heavy atom. The van der Waals surface area contributed by atoms with Crippen LogP contribution in [0.2, 0.25) is 0 Å². The Kier molecular flexibility index (Phi) is 9.54. The van der Waals surface area contributed by atoms with Crippen molar-refractivity contribution in [1.82, 2.24) is 0 Å². The first-order valence-electron chi connectivity index (χ1n) is 25.0. The van der Waals surface area contributed by atoms with Gasteiger partial charge in [-0.15, -0.1) is 11.3 Å². The minimum Gasteiger partial charge on any atom is -0.454 e. The molecule has 0 atom stereocenters. The summed E-state index contributed by atoms with van der Waals surface area (Å²) in [6.07, 6.45) is 4.12. The van der Waals surface area contributed by atoms with Gasteiger partial charge in [0.25, 0.3) is 0 Å². The van der Waals surface area contributed by atoms with Gasteiger partial charge in [0, 0.05) is 69.7 Å². The maximum Gasteiger partial charge on any atom is 0.159 e. The number of rotatable bonds is 8. The molecule has 0 saturated heterocycles. The van der Waals surface area contributed by atoms with Crippen LogP contribution in [0.1, 0.15) is 12.8 Å². The highest BCUT2D eigenvalue weighted by Crippen LogP contribution is 2.49. The smallest absolute Gasteiger partial charge is 0.159 e. The Hall–Kier alpha value is -9.16. The van der Waals surface area contributed by atoms with Crippen molar-refractivity contribution in [1.29, 1.82) is 0 Å². The summed E-state index contributed by atoms with van der Waals surface area (Å²) in [5.41, 5.74) is 14.8. The Labute approximate surface area is 424 Å². The lowest BCUT2D eigenvalue weighted by Crippen LogP contribution is -2.33. The van der Waals surface area contributed by atoms with Crippen LogP contribution in [-0.2, 0) is 0 Å². The SMILES string of the molecule is C1=c2c(oc3ccccc23)=C(N(c2ccc(-c3ccccc3)cc2)c2ccc3c(c2)c2ccccc2c2c4ccc(N(c5ccc(-c6ccccc6)cc5)c5cccc6c5oc5ccccc56)cc4sc32)CC1. The molecule has 0 fully saturated rings. The number of benzene rings is 11. The van der Waals surface area contributed by atoms with Gasteiger partial charge in [-0.3, -0.25) is 0 Å². The second kappa shape index (κ2) is 16.7. The molecule has 344 valence electrons. The van der Waals surface area contributed by atoms with Crippen molar-refractivity contribution in [3.05, 3.63) is 247 Å². The number of nitrogens with zero attached hydrogens (tertiary/aromatic N) is 2. The summed E-state index contributed by atoms with van der Waals surface area (Å²) in [4.78, 5) is 4.81. The average molecular weight is 953 g/mol. The number of thiophene rings is 1. The van der Waals surface area contributed by atoms with Gasteiger partial charge in [0.15, 0.2) is 11.0 Å². The Morgan fingerprint density at radius 3 is 1.63 bits per heavy atom. The maximum atomic E-state index is 6.79. The normalized spacial score (nSPS) is 12.6. The fourth-order valence-electron chi connectivity index (χ4n) is 11.5. The number of hydrogen-bond acceptors (Lipinski definition) is 5. The van der Waals surface area contributed by atoms with Crippen LogP contribution in [0.25, 0.3) is 109 Å². The number of fused-ring (bicyclic) bond motifs is 14. The molecule has 0 N–H and O–H groups in total. The fraction of sp³-hybridized carbons (Fsp3) is 0.0294. The van der Waals surface area contributed by atoms with Gasteiger partial charge in [0.05, 0.1) is 11.4 Å². The summed E-state index contributed by atoms with van der Waals surface area (Å²) in [7, 11) is 0. The summed E-state index contributed by atoms with van der Waals surface area (Å²) in [5, 5.41) is 12.0. The minimum atomic E-state index is 0.850.